The first-order chi connectivity index (χ1) is 27.4. The van der Waals surface area contributed by atoms with Crippen LogP contribution < -0.4 is 0 Å². The van der Waals surface area contributed by atoms with Crippen LogP contribution in [0, 0.1) is 16.7 Å². The van der Waals surface area contributed by atoms with Crippen molar-refractivity contribution in [3.05, 3.63) is 12.7 Å². The Morgan fingerprint density at radius 2 is 1.07 bits per heavy atom. The Morgan fingerprint density at radius 3 is 1.49 bits per heavy atom. The Balaban J connectivity index is 6.13. The van der Waals surface area contributed by atoms with Crippen molar-refractivity contribution < 1.29 is 92.9 Å². The van der Waals surface area contributed by atoms with Gasteiger partial charge in [0, 0.05) is 0 Å². The van der Waals surface area contributed by atoms with E-state index >= 15 is 0 Å². The fourth-order valence-corrected chi connectivity index (χ4v) is 8.86. The van der Waals surface area contributed by atoms with Crippen LogP contribution in [0.5, 0.6) is 0 Å². The highest BCUT2D eigenvalue weighted by Gasteiger charge is 2.89. The number of carbonyl (C=O) groups excluding carboxylic acids is 1. The average Bonchev–Trinajstić information content (AvgIpc) is 3.11. The number of allylic oxidation sites excluding steroid dienone is 1. The summed E-state index contributed by atoms with van der Waals surface area (Å²) >= 11 is 6.97. The van der Waals surface area contributed by atoms with Crippen molar-refractivity contribution in [1.82, 2.24) is 0 Å². The number of esters is 1. The summed E-state index contributed by atoms with van der Waals surface area (Å²) in [5, 5.41) is 9.84. The lowest BCUT2D eigenvalue weighted by Gasteiger charge is -2.41. The van der Waals surface area contributed by atoms with Gasteiger partial charge in [0.2, 0.25) is 0 Å². The molecule has 0 saturated heterocycles. The summed E-state index contributed by atoms with van der Waals surface area (Å²) < 4.78 is 264. The minimum atomic E-state index is -8.29. The Bertz CT molecular complexity index is 1470. The van der Waals surface area contributed by atoms with Crippen LogP contribution in [0.2, 0.25) is 0 Å². The number of nitriles is 1. The Labute approximate surface area is 354 Å². The van der Waals surface area contributed by atoms with Crippen LogP contribution in [0.1, 0.15) is 117 Å². The Kier molecular flexibility index (Phi) is 21.7. The zero-order chi connectivity index (χ0) is 48.2. The third-order valence-corrected chi connectivity index (χ3v) is 12.2. The number of hydrogen-bond donors (Lipinski definition) is 0. The summed E-state index contributed by atoms with van der Waals surface area (Å²) in [4.78, 5) is 13.3. The molecule has 0 aromatic carbocycles. The molecule has 0 aromatic heterocycles. The SMILES string of the molecule is C=CCCC(C)(C#N)CC(C)(SC(=S)SCCCCCCCCCCCC)C(=O)OCCC(F)(F)C(F)(F)C(F)(F)C(F)(F)C(F)(F)CC(F)(F)C(F)(F)C(F)(F)C(F)(F)F. The van der Waals surface area contributed by atoms with Crippen LogP contribution in [0.25, 0.3) is 0 Å². The van der Waals surface area contributed by atoms with Crippen LogP contribution >= 0.6 is 35.7 Å². The van der Waals surface area contributed by atoms with Crippen LogP contribution in [-0.4, -0.2) is 80.2 Å². The first-order valence-corrected chi connectivity index (χ1v) is 20.7. The molecule has 0 saturated carbocycles. The molecule has 3 nitrogen and oxygen atoms in total. The van der Waals surface area contributed by atoms with E-state index in [2.05, 4.69) is 18.2 Å². The molecule has 0 heterocycles. The number of rotatable bonds is 29. The van der Waals surface area contributed by atoms with Gasteiger partial charge in [0.05, 0.1) is 30.9 Å². The minimum Gasteiger partial charge on any atom is -0.464 e. The number of hydrogen-bond acceptors (Lipinski definition) is 6. The standard InChI is InChI=1S/C36H46F19NO2S3/c1-5-7-9-10-11-12-13-14-15-16-20-60-25(59)61-27(4,21-26(3,23-56)17-8-6-2)24(57)58-19-18-28(37,38)31(43,44)34(49,50)32(45,46)29(39,40)22-30(41,42)33(47,48)35(51,52)36(53,54)55/h6H,2,5,7-22H2,1,3-4H3. The third kappa shape index (κ3) is 14.6. The Hall–Kier alpha value is -1.84. The van der Waals surface area contributed by atoms with Gasteiger partial charge in [-0.25, -0.2) is 0 Å². The molecule has 61 heavy (non-hydrogen) atoms. The third-order valence-electron chi connectivity index (χ3n) is 9.37. The van der Waals surface area contributed by atoms with Crippen molar-refractivity contribution in [1.29, 1.82) is 5.26 Å². The van der Waals surface area contributed by atoms with Gasteiger partial charge in [0.1, 0.15) is 8.28 Å². The molecule has 0 aliphatic heterocycles. The van der Waals surface area contributed by atoms with Crippen molar-refractivity contribution in [3.63, 3.8) is 0 Å². The van der Waals surface area contributed by atoms with Gasteiger partial charge >= 0.3 is 59.5 Å². The molecule has 0 aliphatic carbocycles. The lowest BCUT2D eigenvalue weighted by Crippen LogP contribution is -2.69. The minimum absolute atomic E-state index is 0.0293. The fraction of sp³-hybridized carbons (Fsp3) is 0.861. The van der Waals surface area contributed by atoms with E-state index in [9.17, 15) is 93.5 Å². The van der Waals surface area contributed by atoms with Crippen LogP contribution in [-0.2, 0) is 9.53 Å². The lowest BCUT2D eigenvalue weighted by molar-refractivity contribution is -0.424. The van der Waals surface area contributed by atoms with Gasteiger partial charge in [0.15, 0.2) is 0 Å². The second-order valence-corrected chi connectivity index (χ2v) is 18.6. The maximum Gasteiger partial charge on any atom is 0.460 e. The molecule has 358 valence electrons. The van der Waals surface area contributed by atoms with E-state index < -0.39 is 95.6 Å². The van der Waals surface area contributed by atoms with E-state index in [1.54, 1.807) is 0 Å². The number of alkyl halides is 19. The zero-order valence-corrected chi connectivity index (χ0v) is 35.4. The lowest BCUT2D eigenvalue weighted by atomic mass is 9.78. The monoisotopic (exact) mass is 981 g/mol. The van der Waals surface area contributed by atoms with E-state index in [1.165, 1.54) is 13.0 Å². The Morgan fingerprint density at radius 1 is 0.639 bits per heavy atom. The number of carbonyl (C=O) groups is 1. The first kappa shape index (κ1) is 59.2. The van der Waals surface area contributed by atoms with Gasteiger partial charge in [-0.2, -0.15) is 88.7 Å². The molecule has 0 bridgehead atoms. The molecule has 0 spiro atoms. The van der Waals surface area contributed by atoms with Gasteiger partial charge in [0.25, 0.3) is 0 Å². The molecule has 2 unspecified atom stereocenters. The number of nitrogens with zero attached hydrogens (tertiary/aromatic N) is 1. The van der Waals surface area contributed by atoms with Gasteiger partial charge in [-0.3, -0.25) is 4.79 Å². The molecule has 0 aromatic rings. The van der Waals surface area contributed by atoms with Crippen LogP contribution in [0.15, 0.2) is 12.7 Å². The largest absolute Gasteiger partial charge is 0.464 e. The molecule has 0 N–H and O–H groups in total. The topological polar surface area (TPSA) is 50.1 Å². The maximum atomic E-state index is 14.6. The second kappa shape index (κ2) is 22.4. The van der Waals surface area contributed by atoms with Crippen LogP contribution in [0.3, 0.4) is 0 Å². The van der Waals surface area contributed by atoms with Crippen molar-refractivity contribution in [2.24, 2.45) is 5.41 Å². The summed E-state index contributed by atoms with van der Waals surface area (Å²) in [5.41, 5.74) is -1.43. The molecular weight excluding hydrogens is 936 g/mol. The number of unbranched alkanes of at least 4 members (excludes halogenated alkanes) is 9. The number of thioether (sulfide) groups is 2. The molecule has 0 rings (SSSR count). The second-order valence-electron chi connectivity index (χ2n) is 14.8. The fourth-order valence-electron chi connectivity index (χ4n) is 5.60. The molecule has 25 heteroatoms. The highest BCUT2D eigenvalue weighted by atomic mass is 32.2. The van der Waals surface area contributed by atoms with E-state index in [-0.39, 0.29) is 16.4 Å². The van der Waals surface area contributed by atoms with Crippen molar-refractivity contribution in [2.45, 2.75) is 175 Å². The number of ether oxygens (including phenoxy) is 1. The van der Waals surface area contributed by atoms with Gasteiger partial charge in [-0.05, 0) is 45.3 Å². The van der Waals surface area contributed by atoms with E-state index in [0.29, 0.717) is 23.9 Å². The summed E-state index contributed by atoms with van der Waals surface area (Å²) in [6, 6.07) is 1.94. The normalized spacial score (nSPS) is 16.1. The van der Waals surface area contributed by atoms with E-state index in [4.69, 9.17) is 12.2 Å². The smallest absolute Gasteiger partial charge is 0.460 e. The maximum absolute atomic E-state index is 14.6. The average molecular weight is 982 g/mol. The van der Waals surface area contributed by atoms with Crippen LogP contribution in [0.4, 0.5) is 83.4 Å². The molecule has 2 atom stereocenters. The number of thiocarbonyl (C=S) groups is 1. The number of halogens is 19. The van der Waals surface area contributed by atoms with Crippen molar-refractivity contribution >= 4 is 45.2 Å². The summed E-state index contributed by atoms with van der Waals surface area (Å²) in [6.45, 7) is 5.96. The van der Waals surface area contributed by atoms with Crippen molar-refractivity contribution in [3.8, 4) is 6.07 Å². The molecule has 0 radical (unpaired) electrons. The first-order valence-electron chi connectivity index (χ1n) is 18.5. The molecule has 0 fully saturated rings. The highest BCUT2D eigenvalue weighted by molar-refractivity contribution is 8.47. The van der Waals surface area contributed by atoms with Gasteiger partial charge in [-0.15, -0.1) is 18.3 Å². The predicted octanol–water partition coefficient (Wildman–Crippen LogP) is 15.3. The quantitative estimate of drug-likeness (QED) is 0.0245. The van der Waals surface area contributed by atoms with Gasteiger partial charge in [-0.1, -0.05) is 94.8 Å². The molecular formula is C36H46F19NO2S3. The van der Waals surface area contributed by atoms with Gasteiger partial charge < -0.3 is 4.74 Å². The predicted molar refractivity (Wildman–Crippen MR) is 196 cm³/mol. The molecule has 0 amide bonds. The summed E-state index contributed by atoms with van der Waals surface area (Å²) in [6.07, 6.45) is -4.46. The molecule has 0 aliphatic rings. The summed E-state index contributed by atoms with van der Waals surface area (Å²) in [5.74, 6) is -63.8. The summed E-state index contributed by atoms with van der Waals surface area (Å²) in [7, 11) is 0. The zero-order valence-electron chi connectivity index (χ0n) is 33.0. The highest BCUT2D eigenvalue weighted by Crippen LogP contribution is 2.62. The van der Waals surface area contributed by atoms with E-state index in [0.717, 1.165) is 76.5 Å². The van der Waals surface area contributed by atoms with E-state index in [1.807, 2.05) is 6.07 Å². The van der Waals surface area contributed by atoms with Crippen molar-refractivity contribution in [2.75, 3.05) is 12.4 Å².